The van der Waals surface area contributed by atoms with E-state index < -0.39 is 0 Å². The lowest BCUT2D eigenvalue weighted by Gasteiger charge is -2.02. The molecule has 2 N–H and O–H groups in total. The first-order chi connectivity index (χ1) is 8.63. The molecule has 2 aromatic rings. The summed E-state index contributed by atoms with van der Waals surface area (Å²) in [6.45, 7) is 2.09. The van der Waals surface area contributed by atoms with E-state index in [0.29, 0.717) is 23.6 Å². The Morgan fingerprint density at radius 3 is 3.11 bits per heavy atom. The summed E-state index contributed by atoms with van der Waals surface area (Å²) >= 11 is 0. The Labute approximate surface area is 105 Å². The summed E-state index contributed by atoms with van der Waals surface area (Å²) < 4.78 is 1.66. The number of fused-ring (bicyclic) bond motifs is 1. The third-order valence-electron chi connectivity index (χ3n) is 2.96. The topological polar surface area (TPSA) is 92.7 Å². The Morgan fingerprint density at radius 2 is 2.44 bits per heavy atom. The van der Waals surface area contributed by atoms with Crippen LogP contribution in [-0.4, -0.2) is 25.4 Å². The molecule has 0 aliphatic heterocycles. The molecule has 0 aromatic carbocycles. The van der Waals surface area contributed by atoms with Crippen LogP contribution in [0.4, 0.5) is 5.95 Å². The van der Waals surface area contributed by atoms with Crippen molar-refractivity contribution < 1.29 is 7.65 Å². The van der Waals surface area contributed by atoms with Gasteiger partial charge in [-0.25, -0.2) is 9.78 Å². The number of hydrogen-bond donors (Lipinski definition) is 2. The molecule has 18 heavy (non-hydrogen) atoms. The Kier molecular flexibility index (Phi) is 2.39. The van der Waals surface area contributed by atoms with E-state index in [2.05, 4.69) is 20.3 Å². The van der Waals surface area contributed by atoms with Crippen LogP contribution < -0.4 is 11.0 Å². The summed E-state index contributed by atoms with van der Waals surface area (Å²) in [5.74, 6) is 0.556. The second-order valence-electron chi connectivity index (χ2n) is 4.59. The number of imidazole rings is 1. The summed E-state index contributed by atoms with van der Waals surface area (Å²) in [5, 5.41) is 2.49. The molecule has 0 radical (unpaired) electrons. The highest BCUT2D eigenvalue weighted by Gasteiger charge is 2.23. The number of anilines is 1. The molecule has 1 fully saturated rings. The fraction of sp³-hybridized carbons (Fsp3) is 0.455. The molecule has 2 aromatic heterocycles. The molecule has 0 spiro atoms. The van der Waals surface area contributed by atoms with E-state index in [4.69, 9.17) is 0 Å². The van der Waals surface area contributed by atoms with Crippen molar-refractivity contribution in [3.63, 3.8) is 0 Å². The zero-order chi connectivity index (χ0) is 12.7. The number of hydrogen-bond acceptors (Lipinski definition) is 4. The number of aromatic nitrogens is 4. The summed E-state index contributed by atoms with van der Waals surface area (Å²) in [7, 11) is 0. The summed E-state index contributed by atoms with van der Waals surface area (Å²) in [4.78, 5) is 33.5. The molecule has 3 rings (SSSR count). The van der Waals surface area contributed by atoms with Crippen LogP contribution in [-0.2, 0) is 11.3 Å². The predicted octanol–water partition coefficient (Wildman–Crippen LogP) is 0.980. The van der Waals surface area contributed by atoms with E-state index in [0.717, 1.165) is 0 Å². The van der Waals surface area contributed by atoms with Gasteiger partial charge in [0.2, 0.25) is 11.9 Å². The highest BCUT2D eigenvalue weighted by atomic mass is 16.2. The minimum absolute atomic E-state index is 0. The molecule has 1 saturated carbocycles. The first kappa shape index (κ1) is 10.9. The number of rotatable bonds is 3. The van der Waals surface area contributed by atoms with Gasteiger partial charge in [0.15, 0.2) is 5.65 Å². The second kappa shape index (κ2) is 3.94. The van der Waals surface area contributed by atoms with Crippen LogP contribution in [0.2, 0.25) is 0 Å². The average Bonchev–Trinajstić information content (AvgIpc) is 3.04. The molecule has 1 amide bonds. The SMILES string of the molecule is CC(=O)Nc1ncc2c(n1)[nH]c(=O)n2CC1CC1.[HH].[HH]. The van der Waals surface area contributed by atoms with Crippen molar-refractivity contribution in [2.75, 3.05) is 5.32 Å². The maximum atomic E-state index is 11.8. The molecule has 2 heterocycles. The van der Waals surface area contributed by atoms with Gasteiger partial charge in [0.25, 0.3) is 0 Å². The Hall–Kier alpha value is -2.18. The lowest BCUT2D eigenvalue weighted by Crippen LogP contribution is -2.17. The van der Waals surface area contributed by atoms with E-state index >= 15 is 0 Å². The largest absolute Gasteiger partial charge is 0.327 e. The Balaban J connectivity index is 0.000001000. The van der Waals surface area contributed by atoms with Gasteiger partial charge >= 0.3 is 5.69 Å². The van der Waals surface area contributed by atoms with Crippen LogP contribution in [0.25, 0.3) is 11.2 Å². The maximum absolute atomic E-state index is 11.8. The molecule has 0 bridgehead atoms. The van der Waals surface area contributed by atoms with Crippen molar-refractivity contribution in [1.29, 1.82) is 0 Å². The molecule has 0 unspecified atom stereocenters. The van der Waals surface area contributed by atoms with Gasteiger partial charge in [-0.05, 0) is 18.8 Å². The van der Waals surface area contributed by atoms with Crippen LogP contribution in [0.1, 0.15) is 22.6 Å². The fourth-order valence-corrected chi connectivity index (χ4v) is 1.90. The van der Waals surface area contributed by atoms with Gasteiger partial charge < -0.3 is 0 Å². The third kappa shape index (κ3) is 1.99. The van der Waals surface area contributed by atoms with E-state index in [-0.39, 0.29) is 20.4 Å². The van der Waals surface area contributed by atoms with Crippen LogP contribution in [0.3, 0.4) is 0 Å². The predicted molar refractivity (Wildman–Crippen MR) is 69.4 cm³/mol. The van der Waals surface area contributed by atoms with E-state index in [1.165, 1.54) is 19.8 Å². The highest BCUT2D eigenvalue weighted by molar-refractivity contribution is 5.87. The molecule has 1 aliphatic carbocycles. The maximum Gasteiger partial charge on any atom is 0.327 e. The van der Waals surface area contributed by atoms with Crippen LogP contribution >= 0.6 is 0 Å². The molecule has 98 valence electrons. The van der Waals surface area contributed by atoms with Crippen LogP contribution in [0.5, 0.6) is 0 Å². The monoisotopic (exact) mass is 251 g/mol. The Bertz CT molecular complexity index is 677. The number of H-pyrrole nitrogens is 1. The van der Waals surface area contributed by atoms with Crippen molar-refractivity contribution in [3.05, 3.63) is 16.7 Å². The number of amides is 1. The minimum Gasteiger partial charge on any atom is -0.295 e. The molecule has 7 nitrogen and oxygen atoms in total. The Morgan fingerprint density at radius 1 is 1.67 bits per heavy atom. The van der Waals surface area contributed by atoms with Crippen molar-refractivity contribution in [3.8, 4) is 0 Å². The normalized spacial score (nSPS) is 14.9. The number of carbonyl (C=O) groups is 1. The van der Waals surface area contributed by atoms with Crippen molar-refractivity contribution in [1.82, 2.24) is 19.5 Å². The van der Waals surface area contributed by atoms with Gasteiger partial charge in [-0.2, -0.15) is 4.98 Å². The van der Waals surface area contributed by atoms with Crippen molar-refractivity contribution in [2.45, 2.75) is 26.3 Å². The van der Waals surface area contributed by atoms with E-state index in [1.807, 2.05) is 0 Å². The zero-order valence-corrected chi connectivity index (χ0v) is 9.93. The molecule has 0 saturated heterocycles. The minimum atomic E-state index is -0.242. The number of aromatic amines is 1. The van der Waals surface area contributed by atoms with E-state index in [1.54, 1.807) is 10.8 Å². The fourth-order valence-electron chi connectivity index (χ4n) is 1.90. The number of nitrogens with zero attached hydrogens (tertiary/aromatic N) is 3. The van der Waals surface area contributed by atoms with Crippen molar-refractivity contribution >= 4 is 23.0 Å². The molecular formula is C11H17N5O2. The first-order valence-electron chi connectivity index (χ1n) is 5.86. The van der Waals surface area contributed by atoms with Crippen LogP contribution in [0.15, 0.2) is 11.0 Å². The number of nitrogens with one attached hydrogen (secondary N) is 2. The van der Waals surface area contributed by atoms with Gasteiger partial charge in [-0.1, -0.05) is 0 Å². The number of carbonyl (C=O) groups excluding carboxylic acids is 1. The smallest absolute Gasteiger partial charge is 0.295 e. The first-order valence-corrected chi connectivity index (χ1v) is 5.86. The third-order valence-corrected chi connectivity index (χ3v) is 2.96. The summed E-state index contributed by atoms with van der Waals surface area (Å²) in [6.07, 6.45) is 3.90. The van der Waals surface area contributed by atoms with Gasteiger partial charge in [0.1, 0.15) is 5.52 Å². The molecular weight excluding hydrogens is 234 g/mol. The highest BCUT2D eigenvalue weighted by Crippen LogP contribution is 2.30. The second-order valence-corrected chi connectivity index (χ2v) is 4.59. The summed E-state index contributed by atoms with van der Waals surface area (Å²) in [6, 6.07) is 0. The van der Waals surface area contributed by atoms with Gasteiger partial charge in [-0.3, -0.25) is 19.7 Å². The van der Waals surface area contributed by atoms with Gasteiger partial charge in [-0.15, -0.1) is 0 Å². The lowest BCUT2D eigenvalue weighted by molar-refractivity contribution is -0.114. The summed E-state index contributed by atoms with van der Waals surface area (Å²) in [5.41, 5.74) is 0.964. The lowest BCUT2D eigenvalue weighted by atomic mass is 10.4. The molecule has 1 aliphatic rings. The van der Waals surface area contributed by atoms with Gasteiger partial charge in [0.05, 0.1) is 6.20 Å². The van der Waals surface area contributed by atoms with Crippen LogP contribution in [0, 0.1) is 5.92 Å². The quantitative estimate of drug-likeness (QED) is 0.850. The zero-order valence-electron chi connectivity index (χ0n) is 9.93. The van der Waals surface area contributed by atoms with E-state index in [9.17, 15) is 9.59 Å². The standard InChI is InChI=1S/C11H13N5O2.2H2/c1-6(17)13-10-12-4-8-9(14-10)15-11(18)16(8)5-7-2-3-7;;/h4,7H,2-3,5H2,1H3,(H2,12,13,14,15,17,18);2*1H. The van der Waals surface area contributed by atoms with Gasteiger partial charge in [0, 0.05) is 16.3 Å². The average molecular weight is 251 g/mol. The van der Waals surface area contributed by atoms with Crippen molar-refractivity contribution in [2.24, 2.45) is 5.92 Å². The molecule has 7 heteroatoms. The molecule has 0 atom stereocenters.